The van der Waals surface area contributed by atoms with Gasteiger partial charge >= 0.3 is 0 Å². The molecule has 0 aromatic carbocycles. The molecule has 0 bridgehead atoms. The van der Waals surface area contributed by atoms with Gasteiger partial charge in [0, 0.05) is 23.7 Å². The SMILES string of the molecule is Cc1ccc([C@H]2C[C@@H]2COc2nc(N)nc(NCc3nnc(C)s3)c2N)nc1. The molecule has 146 valence electrons. The molecular formula is C18H22N8OS. The Morgan fingerprint density at radius 3 is 2.79 bits per heavy atom. The van der Waals surface area contributed by atoms with Gasteiger partial charge in [-0.25, -0.2) is 0 Å². The number of nitrogens with zero attached hydrogens (tertiary/aromatic N) is 5. The summed E-state index contributed by atoms with van der Waals surface area (Å²) in [5, 5.41) is 12.9. The maximum absolute atomic E-state index is 6.18. The molecule has 4 rings (SSSR count). The Hall–Kier alpha value is -3.01. The minimum atomic E-state index is 0.104. The van der Waals surface area contributed by atoms with Crippen LogP contribution < -0.4 is 21.5 Å². The summed E-state index contributed by atoms with van der Waals surface area (Å²) in [6, 6.07) is 4.16. The predicted molar refractivity (Wildman–Crippen MR) is 108 cm³/mol. The van der Waals surface area contributed by atoms with Crippen LogP contribution in [-0.4, -0.2) is 31.8 Å². The molecule has 10 heteroatoms. The zero-order chi connectivity index (χ0) is 19.7. The lowest BCUT2D eigenvalue weighted by Gasteiger charge is -2.12. The number of nitrogens with one attached hydrogen (secondary N) is 1. The number of pyridine rings is 1. The van der Waals surface area contributed by atoms with Gasteiger partial charge in [-0.3, -0.25) is 4.98 Å². The molecule has 28 heavy (non-hydrogen) atoms. The lowest BCUT2D eigenvalue weighted by Crippen LogP contribution is -2.12. The van der Waals surface area contributed by atoms with E-state index in [0.717, 1.165) is 27.7 Å². The number of rotatable bonds is 7. The van der Waals surface area contributed by atoms with Crippen molar-refractivity contribution in [1.29, 1.82) is 0 Å². The van der Waals surface area contributed by atoms with Crippen LogP contribution in [-0.2, 0) is 6.54 Å². The molecule has 0 saturated heterocycles. The van der Waals surface area contributed by atoms with Crippen LogP contribution in [0.2, 0.25) is 0 Å². The molecule has 5 N–H and O–H groups in total. The predicted octanol–water partition coefficient (Wildman–Crippen LogP) is 2.30. The van der Waals surface area contributed by atoms with E-state index in [1.54, 1.807) is 0 Å². The van der Waals surface area contributed by atoms with Gasteiger partial charge in [-0.15, -0.1) is 10.2 Å². The number of hydrogen-bond donors (Lipinski definition) is 3. The highest BCUT2D eigenvalue weighted by Crippen LogP contribution is 2.47. The fourth-order valence-corrected chi connectivity index (χ4v) is 3.61. The monoisotopic (exact) mass is 398 g/mol. The molecule has 3 aromatic rings. The van der Waals surface area contributed by atoms with Crippen molar-refractivity contribution in [2.75, 3.05) is 23.4 Å². The second-order valence-corrected chi connectivity index (χ2v) is 8.16. The average Bonchev–Trinajstić information content (AvgIpc) is 3.33. The smallest absolute Gasteiger partial charge is 0.244 e. The van der Waals surface area contributed by atoms with Crippen LogP contribution in [0.3, 0.4) is 0 Å². The van der Waals surface area contributed by atoms with E-state index in [2.05, 4.69) is 42.6 Å². The first-order valence-corrected chi connectivity index (χ1v) is 9.82. The molecule has 2 atom stereocenters. The van der Waals surface area contributed by atoms with Gasteiger partial charge < -0.3 is 21.5 Å². The fraction of sp³-hybridized carbons (Fsp3) is 0.389. The summed E-state index contributed by atoms with van der Waals surface area (Å²) in [7, 11) is 0. The molecule has 3 aromatic heterocycles. The molecule has 1 aliphatic carbocycles. The Labute approximate surface area is 166 Å². The van der Waals surface area contributed by atoms with E-state index in [0.29, 0.717) is 42.4 Å². The highest BCUT2D eigenvalue weighted by atomic mass is 32.1. The van der Waals surface area contributed by atoms with Crippen LogP contribution in [0.4, 0.5) is 17.5 Å². The first-order chi connectivity index (χ1) is 13.5. The normalized spacial score (nSPS) is 18.1. The van der Waals surface area contributed by atoms with Gasteiger partial charge in [0.15, 0.2) is 5.82 Å². The van der Waals surface area contributed by atoms with Crippen molar-refractivity contribution in [1.82, 2.24) is 25.1 Å². The van der Waals surface area contributed by atoms with E-state index >= 15 is 0 Å². The quantitative estimate of drug-likeness (QED) is 0.547. The van der Waals surface area contributed by atoms with Crippen LogP contribution in [0.25, 0.3) is 0 Å². The molecule has 3 heterocycles. The lowest BCUT2D eigenvalue weighted by atomic mass is 10.2. The Bertz CT molecular complexity index is 974. The molecule has 1 fully saturated rings. The number of aromatic nitrogens is 5. The number of nitrogens with two attached hydrogens (primary N) is 2. The van der Waals surface area contributed by atoms with E-state index < -0.39 is 0 Å². The van der Waals surface area contributed by atoms with E-state index in [9.17, 15) is 0 Å². The van der Waals surface area contributed by atoms with Crippen molar-refractivity contribution in [2.24, 2.45) is 5.92 Å². The van der Waals surface area contributed by atoms with Crippen LogP contribution >= 0.6 is 11.3 Å². The van der Waals surface area contributed by atoms with E-state index in [1.807, 2.05) is 20.0 Å². The Balaban J connectivity index is 1.38. The second kappa shape index (κ2) is 7.55. The zero-order valence-electron chi connectivity index (χ0n) is 15.7. The first kappa shape index (κ1) is 18.4. The Morgan fingerprint density at radius 1 is 1.21 bits per heavy atom. The van der Waals surface area contributed by atoms with Crippen LogP contribution in [0.5, 0.6) is 5.88 Å². The second-order valence-electron chi connectivity index (χ2n) is 6.89. The summed E-state index contributed by atoms with van der Waals surface area (Å²) >= 11 is 1.51. The Kier molecular flexibility index (Phi) is 4.95. The van der Waals surface area contributed by atoms with Gasteiger partial charge in [-0.05, 0) is 31.9 Å². The summed E-state index contributed by atoms with van der Waals surface area (Å²) in [5.41, 5.74) is 14.6. The molecular weight excluding hydrogens is 376 g/mol. The van der Waals surface area contributed by atoms with Crippen molar-refractivity contribution in [2.45, 2.75) is 32.7 Å². The largest absolute Gasteiger partial charge is 0.476 e. The van der Waals surface area contributed by atoms with Gasteiger partial charge in [-0.2, -0.15) is 9.97 Å². The van der Waals surface area contributed by atoms with E-state index in [4.69, 9.17) is 16.2 Å². The molecule has 0 amide bonds. The van der Waals surface area contributed by atoms with Crippen molar-refractivity contribution in [3.8, 4) is 5.88 Å². The highest BCUT2D eigenvalue weighted by Gasteiger charge is 2.40. The molecule has 1 aliphatic rings. The molecule has 9 nitrogen and oxygen atoms in total. The van der Waals surface area contributed by atoms with Gasteiger partial charge in [0.2, 0.25) is 11.8 Å². The summed E-state index contributed by atoms with van der Waals surface area (Å²) in [6.45, 7) is 4.90. The minimum Gasteiger partial charge on any atom is -0.476 e. The molecule has 0 unspecified atom stereocenters. The topological polar surface area (TPSA) is 138 Å². The van der Waals surface area contributed by atoms with E-state index in [-0.39, 0.29) is 5.95 Å². The molecule has 0 radical (unpaired) electrons. The molecule has 0 spiro atoms. The Morgan fingerprint density at radius 2 is 2.07 bits per heavy atom. The lowest BCUT2D eigenvalue weighted by molar-refractivity contribution is 0.287. The van der Waals surface area contributed by atoms with Crippen LogP contribution in [0.1, 0.15) is 33.6 Å². The number of anilines is 3. The van der Waals surface area contributed by atoms with Crippen molar-refractivity contribution < 1.29 is 4.74 Å². The van der Waals surface area contributed by atoms with Crippen molar-refractivity contribution >= 4 is 28.8 Å². The molecule has 1 saturated carbocycles. The number of nitrogen functional groups attached to an aromatic ring is 2. The average molecular weight is 398 g/mol. The third-order valence-corrected chi connectivity index (χ3v) is 5.41. The standard InChI is InChI=1S/C18H22N8OS/c1-9-3-4-13(21-6-9)12-5-11(12)8-27-17-15(19)16(23-18(20)24-17)22-7-14-26-25-10(2)28-14/h3-4,6,11-12H,5,7-8,19H2,1-2H3,(H3,20,22,23,24)/t11-,12+/m1/s1. The van der Waals surface area contributed by atoms with Crippen LogP contribution in [0.15, 0.2) is 18.3 Å². The van der Waals surface area contributed by atoms with Crippen molar-refractivity contribution in [3.05, 3.63) is 39.6 Å². The summed E-state index contributed by atoms with van der Waals surface area (Å²) in [6.07, 6.45) is 2.93. The maximum Gasteiger partial charge on any atom is 0.244 e. The van der Waals surface area contributed by atoms with Gasteiger partial charge in [0.05, 0.1) is 13.2 Å². The third-order valence-electron chi connectivity index (χ3n) is 4.57. The number of ether oxygens (including phenoxy) is 1. The zero-order valence-corrected chi connectivity index (χ0v) is 16.5. The minimum absolute atomic E-state index is 0.104. The summed E-state index contributed by atoms with van der Waals surface area (Å²) < 4.78 is 5.86. The van der Waals surface area contributed by atoms with E-state index in [1.165, 1.54) is 11.3 Å². The van der Waals surface area contributed by atoms with Gasteiger partial charge in [0.25, 0.3) is 0 Å². The first-order valence-electron chi connectivity index (χ1n) is 9.01. The summed E-state index contributed by atoms with van der Waals surface area (Å²) in [5.74, 6) is 1.65. The highest BCUT2D eigenvalue weighted by molar-refractivity contribution is 7.11. The number of aryl methyl sites for hydroxylation is 2. The van der Waals surface area contributed by atoms with Crippen LogP contribution in [0, 0.1) is 19.8 Å². The van der Waals surface area contributed by atoms with Gasteiger partial charge in [0.1, 0.15) is 15.7 Å². The summed E-state index contributed by atoms with van der Waals surface area (Å²) in [4.78, 5) is 12.8. The van der Waals surface area contributed by atoms with Gasteiger partial charge in [-0.1, -0.05) is 17.4 Å². The fourth-order valence-electron chi connectivity index (χ4n) is 2.96. The third kappa shape index (κ3) is 4.11. The van der Waals surface area contributed by atoms with Crippen molar-refractivity contribution in [3.63, 3.8) is 0 Å². The maximum atomic E-state index is 6.18. The number of hydrogen-bond acceptors (Lipinski definition) is 10. The molecule has 0 aliphatic heterocycles.